The van der Waals surface area contributed by atoms with Crippen LogP contribution in [0.1, 0.15) is 50.5 Å². The number of halogens is 2. The second-order valence-corrected chi connectivity index (χ2v) is 6.43. The molecule has 0 aliphatic heterocycles. The number of hydrogen-bond donors (Lipinski definition) is 1. The van der Waals surface area contributed by atoms with Crippen molar-refractivity contribution in [3.63, 3.8) is 0 Å². The Hall–Kier alpha value is -1.22. The molecule has 2 aliphatic rings. The summed E-state index contributed by atoms with van der Waals surface area (Å²) in [5.41, 5.74) is 1.37. The van der Waals surface area contributed by atoms with Gasteiger partial charge in [0, 0.05) is 5.56 Å². The summed E-state index contributed by atoms with van der Waals surface area (Å²) in [7, 11) is 0. The van der Waals surface area contributed by atoms with E-state index in [2.05, 4.69) is 6.08 Å². The van der Waals surface area contributed by atoms with E-state index < -0.39 is 11.6 Å². The number of aliphatic hydroxyl groups is 1. The van der Waals surface area contributed by atoms with Crippen molar-refractivity contribution in [1.29, 1.82) is 0 Å². The summed E-state index contributed by atoms with van der Waals surface area (Å²) in [6, 6.07) is 4.41. The first-order chi connectivity index (χ1) is 10.1. The SMILES string of the molecule is OC1CCC(C2CC=C(c3cccc(F)c3F)CC2)CC1. The second kappa shape index (κ2) is 6.27. The molecular weight excluding hydrogens is 270 g/mol. The third-order valence-corrected chi connectivity index (χ3v) is 5.16. The van der Waals surface area contributed by atoms with Crippen molar-refractivity contribution in [2.24, 2.45) is 11.8 Å². The first-order valence-corrected chi connectivity index (χ1v) is 7.96. The molecule has 1 saturated carbocycles. The van der Waals surface area contributed by atoms with Crippen LogP contribution in [0, 0.1) is 23.5 Å². The van der Waals surface area contributed by atoms with E-state index in [1.165, 1.54) is 6.07 Å². The van der Waals surface area contributed by atoms with E-state index >= 15 is 0 Å². The summed E-state index contributed by atoms with van der Waals surface area (Å²) in [5, 5.41) is 9.58. The van der Waals surface area contributed by atoms with Crippen LogP contribution in [0.25, 0.3) is 5.57 Å². The van der Waals surface area contributed by atoms with Crippen molar-refractivity contribution in [3.05, 3.63) is 41.5 Å². The van der Waals surface area contributed by atoms with Gasteiger partial charge in [0.1, 0.15) is 0 Å². The predicted molar refractivity (Wildman–Crippen MR) is 79.6 cm³/mol. The fourth-order valence-electron chi connectivity index (χ4n) is 3.85. The molecule has 3 heteroatoms. The van der Waals surface area contributed by atoms with Gasteiger partial charge in [0.2, 0.25) is 0 Å². The van der Waals surface area contributed by atoms with Crippen molar-refractivity contribution in [1.82, 2.24) is 0 Å². The van der Waals surface area contributed by atoms with E-state index in [1.54, 1.807) is 12.1 Å². The Morgan fingerprint density at radius 3 is 2.38 bits per heavy atom. The van der Waals surface area contributed by atoms with E-state index in [1.807, 2.05) is 0 Å². The van der Waals surface area contributed by atoms with Crippen LogP contribution in [0.2, 0.25) is 0 Å². The highest BCUT2D eigenvalue weighted by molar-refractivity contribution is 5.66. The quantitative estimate of drug-likeness (QED) is 0.837. The molecule has 2 aliphatic carbocycles. The van der Waals surface area contributed by atoms with Crippen LogP contribution in [-0.2, 0) is 0 Å². The molecule has 0 bridgehead atoms. The van der Waals surface area contributed by atoms with Gasteiger partial charge in [0.05, 0.1) is 6.10 Å². The molecule has 21 heavy (non-hydrogen) atoms. The third kappa shape index (κ3) is 3.18. The number of rotatable bonds is 2. The fraction of sp³-hybridized carbons (Fsp3) is 0.556. The molecule has 0 aromatic heterocycles. The average molecular weight is 292 g/mol. The summed E-state index contributed by atoms with van der Waals surface area (Å²) in [6.07, 6.45) is 8.83. The molecule has 1 aromatic carbocycles. The van der Waals surface area contributed by atoms with Crippen LogP contribution in [-0.4, -0.2) is 11.2 Å². The Morgan fingerprint density at radius 2 is 1.71 bits per heavy atom. The number of hydrogen-bond acceptors (Lipinski definition) is 1. The predicted octanol–water partition coefficient (Wildman–Crippen LogP) is 4.70. The summed E-state index contributed by atoms with van der Waals surface area (Å²) < 4.78 is 27.1. The summed E-state index contributed by atoms with van der Waals surface area (Å²) >= 11 is 0. The summed E-state index contributed by atoms with van der Waals surface area (Å²) in [4.78, 5) is 0. The maximum Gasteiger partial charge on any atom is 0.166 e. The van der Waals surface area contributed by atoms with Crippen LogP contribution >= 0.6 is 0 Å². The van der Waals surface area contributed by atoms with E-state index in [4.69, 9.17) is 0 Å². The Morgan fingerprint density at radius 1 is 0.952 bits per heavy atom. The standard InChI is InChI=1S/C18H22F2O/c19-17-3-1-2-16(18(17)20)14-6-4-12(5-7-14)13-8-10-15(21)11-9-13/h1-3,6,12-13,15,21H,4-5,7-11H2. The van der Waals surface area contributed by atoms with Gasteiger partial charge in [-0.25, -0.2) is 8.78 Å². The lowest BCUT2D eigenvalue weighted by Gasteiger charge is -2.34. The maximum atomic E-state index is 13.8. The largest absolute Gasteiger partial charge is 0.393 e. The molecule has 1 unspecified atom stereocenters. The molecule has 1 fully saturated rings. The second-order valence-electron chi connectivity index (χ2n) is 6.43. The zero-order valence-corrected chi connectivity index (χ0v) is 12.2. The van der Waals surface area contributed by atoms with Crippen LogP contribution < -0.4 is 0 Å². The smallest absolute Gasteiger partial charge is 0.166 e. The molecular formula is C18H22F2O. The minimum Gasteiger partial charge on any atom is -0.393 e. The maximum absolute atomic E-state index is 13.8. The van der Waals surface area contributed by atoms with E-state index in [9.17, 15) is 13.9 Å². The van der Waals surface area contributed by atoms with Gasteiger partial charge in [-0.1, -0.05) is 18.2 Å². The highest BCUT2D eigenvalue weighted by atomic mass is 19.2. The highest BCUT2D eigenvalue weighted by Crippen LogP contribution is 2.40. The molecule has 1 nitrogen and oxygen atoms in total. The lowest BCUT2D eigenvalue weighted by atomic mass is 9.73. The zero-order chi connectivity index (χ0) is 14.8. The lowest BCUT2D eigenvalue weighted by molar-refractivity contribution is 0.0890. The average Bonchev–Trinajstić information content (AvgIpc) is 2.51. The van der Waals surface area contributed by atoms with Gasteiger partial charge in [-0.2, -0.15) is 0 Å². The lowest BCUT2D eigenvalue weighted by Crippen LogP contribution is -2.25. The van der Waals surface area contributed by atoms with Crippen molar-refractivity contribution in [2.45, 2.75) is 51.0 Å². The molecule has 0 saturated heterocycles. The monoisotopic (exact) mass is 292 g/mol. The van der Waals surface area contributed by atoms with Gasteiger partial charge < -0.3 is 5.11 Å². The highest BCUT2D eigenvalue weighted by Gasteiger charge is 2.28. The fourth-order valence-corrected chi connectivity index (χ4v) is 3.85. The Bertz CT molecular complexity index is 530. The Balaban J connectivity index is 1.68. The van der Waals surface area contributed by atoms with Crippen molar-refractivity contribution >= 4 is 5.57 Å². The summed E-state index contributed by atoms with van der Waals surface area (Å²) in [5.74, 6) is -0.166. The van der Waals surface area contributed by atoms with E-state index in [0.29, 0.717) is 17.4 Å². The molecule has 0 spiro atoms. The van der Waals surface area contributed by atoms with E-state index in [0.717, 1.165) is 50.5 Å². The van der Waals surface area contributed by atoms with Crippen molar-refractivity contribution < 1.29 is 13.9 Å². The third-order valence-electron chi connectivity index (χ3n) is 5.16. The van der Waals surface area contributed by atoms with Gasteiger partial charge in [-0.3, -0.25) is 0 Å². The number of benzene rings is 1. The van der Waals surface area contributed by atoms with Crippen LogP contribution in [0.4, 0.5) is 8.78 Å². The van der Waals surface area contributed by atoms with Gasteiger partial charge >= 0.3 is 0 Å². The zero-order valence-electron chi connectivity index (χ0n) is 12.2. The van der Waals surface area contributed by atoms with Gasteiger partial charge in [-0.05, 0) is 68.4 Å². The number of allylic oxidation sites excluding steroid dienone is 2. The molecule has 0 heterocycles. The normalized spacial score (nSPS) is 30.0. The van der Waals surface area contributed by atoms with E-state index in [-0.39, 0.29) is 6.10 Å². The van der Waals surface area contributed by atoms with Gasteiger partial charge in [0.15, 0.2) is 11.6 Å². The summed E-state index contributed by atoms with van der Waals surface area (Å²) in [6.45, 7) is 0. The number of aliphatic hydroxyl groups excluding tert-OH is 1. The van der Waals surface area contributed by atoms with Gasteiger partial charge in [0.25, 0.3) is 0 Å². The Labute approximate surface area is 124 Å². The molecule has 1 atom stereocenters. The first-order valence-electron chi connectivity index (χ1n) is 7.96. The molecule has 114 valence electrons. The molecule has 0 amide bonds. The minimum atomic E-state index is -0.767. The molecule has 3 rings (SSSR count). The first kappa shape index (κ1) is 14.7. The van der Waals surface area contributed by atoms with Crippen LogP contribution in [0.3, 0.4) is 0 Å². The van der Waals surface area contributed by atoms with Crippen LogP contribution in [0.5, 0.6) is 0 Å². The van der Waals surface area contributed by atoms with Crippen molar-refractivity contribution in [3.8, 4) is 0 Å². The minimum absolute atomic E-state index is 0.114. The Kier molecular flexibility index (Phi) is 4.39. The molecule has 0 radical (unpaired) electrons. The van der Waals surface area contributed by atoms with Gasteiger partial charge in [-0.15, -0.1) is 0 Å². The molecule has 1 N–H and O–H groups in total. The van der Waals surface area contributed by atoms with Crippen molar-refractivity contribution in [2.75, 3.05) is 0 Å². The topological polar surface area (TPSA) is 20.2 Å². The van der Waals surface area contributed by atoms with Crippen LogP contribution in [0.15, 0.2) is 24.3 Å². The molecule has 1 aromatic rings.